The molecule has 2 aromatic rings. The fourth-order valence-electron chi connectivity index (χ4n) is 1.92. The number of rotatable bonds is 6. The molecule has 0 aliphatic rings. The average Bonchev–Trinajstić information content (AvgIpc) is 2.46. The molecule has 2 aromatic carbocycles. The summed E-state index contributed by atoms with van der Waals surface area (Å²) in [5.74, 6) is 0.896. The second kappa shape index (κ2) is 6.74. The number of ether oxygens (including phenoxy) is 1. The van der Waals surface area contributed by atoms with E-state index < -0.39 is 0 Å². The van der Waals surface area contributed by atoms with E-state index in [1.165, 1.54) is 0 Å². The van der Waals surface area contributed by atoms with Gasteiger partial charge in [0, 0.05) is 6.42 Å². The van der Waals surface area contributed by atoms with Gasteiger partial charge < -0.3 is 9.53 Å². The van der Waals surface area contributed by atoms with Crippen molar-refractivity contribution in [3.63, 3.8) is 0 Å². The van der Waals surface area contributed by atoms with Crippen molar-refractivity contribution in [2.45, 2.75) is 26.4 Å². The van der Waals surface area contributed by atoms with Crippen molar-refractivity contribution in [3.05, 3.63) is 65.2 Å². The second-order valence-corrected chi connectivity index (χ2v) is 4.58. The highest BCUT2D eigenvalue weighted by atomic mass is 16.5. The summed E-state index contributed by atoms with van der Waals surface area (Å²) < 4.78 is 5.86. The quantitative estimate of drug-likeness (QED) is 0.735. The zero-order chi connectivity index (χ0) is 13.5. The highest BCUT2D eigenvalue weighted by Gasteiger charge is 2.02. The largest absolute Gasteiger partial charge is 0.489 e. The van der Waals surface area contributed by atoms with Crippen LogP contribution in [0.1, 0.15) is 23.1 Å². The van der Waals surface area contributed by atoms with E-state index in [0.717, 1.165) is 35.1 Å². The summed E-state index contributed by atoms with van der Waals surface area (Å²) in [4.78, 5) is 10.4. The van der Waals surface area contributed by atoms with Gasteiger partial charge in [-0.05, 0) is 36.1 Å². The van der Waals surface area contributed by atoms with Gasteiger partial charge in [0.05, 0.1) is 0 Å². The minimum atomic E-state index is 0.557. The van der Waals surface area contributed by atoms with Crippen LogP contribution in [-0.2, 0) is 17.8 Å². The molecule has 98 valence electrons. The summed E-state index contributed by atoms with van der Waals surface area (Å²) in [5, 5.41) is 0. The zero-order valence-corrected chi connectivity index (χ0v) is 11.1. The summed E-state index contributed by atoms with van der Waals surface area (Å²) in [6.45, 7) is 2.60. The van der Waals surface area contributed by atoms with Gasteiger partial charge in [0.1, 0.15) is 18.6 Å². The predicted molar refractivity (Wildman–Crippen MR) is 76.3 cm³/mol. The Morgan fingerprint density at radius 1 is 1.05 bits per heavy atom. The molecule has 2 rings (SSSR count). The molecule has 0 radical (unpaired) electrons. The van der Waals surface area contributed by atoms with Gasteiger partial charge in [-0.3, -0.25) is 0 Å². The first-order valence-electron chi connectivity index (χ1n) is 6.49. The number of aryl methyl sites for hydroxylation is 2. The van der Waals surface area contributed by atoms with Crippen LogP contribution in [0.15, 0.2) is 48.5 Å². The topological polar surface area (TPSA) is 26.3 Å². The Morgan fingerprint density at radius 3 is 2.58 bits per heavy atom. The van der Waals surface area contributed by atoms with Gasteiger partial charge in [-0.1, -0.05) is 42.5 Å². The molecular weight excluding hydrogens is 236 g/mol. The summed E-state index contributed by atoms with van der Waals surface area (Å²) in [5.41, 5.74) is 3.41. The van der Waals surface area contributed by atoms with Crippen LogP contribution in [0.3, 0.4) is 0 Å². The van der Waals surface area contributed by atoms with Gasteiger partial charge in [-0.2, -0.15) is 0 Å². The first kappa shape index (κ1) is 13.3. The van der Waals surface area contributed by atoms with Crippen molar-refractivity contribution in [3.8, 4) is 5.75 Å². The molecule has 0 amide bonds. The Balaban J connectivity index is 2.04. The number of hydrogen-bond donors (Lipinski definition) is 0. The summed E-state index contributed by atoms with van der Waals surface area (Å²) in [7, 11) is 0. The molecule has 0 spiro atoms. The third kappa shape index (κ3) is 3.95. The molecular formula is C17H18O2. The van der Waals surface area contributed by atoms with Crippen molar-refractivity contribution in [2.24, 2.45) is 0 Å². The van der Waals surface area contributed by atoms with E-state index >= 15 is 0 Å². The Labute approximate surface area is 114 Å². The lowest BCUT2D eigenvalue weighted by Crippen LogP contribution is -1.98. The number of benzene rings is 2. The predicted octanol–water partition coefficient (Wildman–Crippen LogP) is 3.71. The lowest BCUT2D eigenvalue weighted by molar-refractivity contribution is -0.107. The van der Waals surface area contributed by atoms with E-state index in [1.807, 2.05) is 55.5 Å². The molecule has 0 saturated carbocycles. The van der Waals surface area contributed by atoms with Crippen molar-refractivity contribution >= 4 is 6.29 Å². The smallest absolute Gasteiger partial charge is 0.122 e. The van der Waals surface area contributed by atoms with Crippen LogP contribution in [0.2, 0.25) is 0 Å². The van der Waals surface area contributed by atoms with Crippen LogP contribution in [0.4, 0.5) is 0 Å². The fraction of sp³-hybridized carbons (Fsp3) is 0.235. The third-order valence-corrected chi connectivity index (χ3v) is 3.04. The minimum Gasteiger partial charge on any atom is -0.489 e. The lowest BCUT2D eigenvalue weighted by atomic mass is 10.1. The molecule has 0 aliphatic carbocycles. The number of aldehydes is 1. The van der Waals surface area contributed by atoms with Crippen molar-refractivity contribution in [2.75, 3.05) is 0 Å². The van der Waals surface area contributed by atoms with Crippen molar-refractivity contribution in [1.29, 1.82) is 0 Å². The maximum Gasteiger partial charge on any atom is 0.122 e. The van der Waals surface area contributed by atoms with Crippen LogP contribution < -0.4 is 4.74 Å². The van der Waals surface area contributed by atoms with E-state index in [9.17, 15) is 4.79 Å². The van der Waals surface area contributed by atoms with Gasteiger partial charge in [0.25, 0.3) is 0 Å². The summed E-state index contributed by atoms with van der Waals surface area (Å²) >= 11 is 0. The Kier molecular flexibility index (Phi) is 4.73. The van der Waals surface area contributed by atoms with E-state index in [0.29, 0.717) is 13.0 Å². The van der Waals surface area contributed by atoms with E-state index in [2.05, 4.69) is 0 Å². The zero-order valence-electron chi connectivity index (χ0n) is 11.1. The highest BCUT2D eigenvalue weighted by Crippen LogP contribution is 2.21. The molecule has 0 aliphatic heterocycles. The van der Waals surface area contributed by atoms with Crippen LogP contribution in [-0.4, -0.2) is 6.29 Å². The van der Waals surface area contributed by atoms with Crippen LogP contribution in [0.25, 0.3) is 0 Å². The molecule has 2 nitrogen and oxygen atoms in total. The van der Waals surface area contributed by atoms with Gasteiger partial charge in [0.2, 0.25) is 0 Å². The summed E-state index contributed by atoms with van der Waals surface area (Å²) in [6, 6.07) is 16.2. The average molecular weight is 254 g/mol. The Hall–Kier alpha value is -2.09. The van der Waals surface area contributed by atoms with Gasteiger partial charge in [-0.25, -0.2) is 0 Å². The molecule has 0 unspecified atom stereocenters. The SMILES string of the molecule is Cc1ccc(CCC=O)cc1OCc1ccccc1. The van der Waals surface area contributed by atoms with E-state index in [-0.39, 0.29) is 0 Å². The second-order valence-electron chi connectivity index (χ2n) is 4.58. The van der Waals surface area contributed by atoms with Gasteiger partial charge in [0.15, 0.2) is 0 Å². The number of hydrogen-bond acceptors (Lipinski definition) is 2. The highest BCUT2D eigenvalue weighted by molar-refractivity contribution is 5.50. The molecule has 0 saturated heterocycles. The van der Waals surface area contributed by atoms with E-state index in [4.69, 9.17) is 4.74 Å². The first-order chi connectivity index (χ1) is 9.29. The first-order valence-corrected chi connectivity index (χ1v) is 6.49. The van der Waals surface area contributed by atoms with Crippen molar-refractivity contribution < 1.29 is 9.53 Å². The van der Waals surface area contributed by atoms with Gasteiger partial charge in [-0.15, -0.1) is 0 Å². The molecule has 0 heterocycles. The Morgan fingerprint density at radius 2 is 1.84 bits per heavy atom. The van der Waals surface area contributed by atoms with E-state index in [1.54, 1.807) is 0 Å². The standard InChI is InChI=1S/C17H18O2/c1-14-9-10-15(8-5-11-18)12-17(14)19-13-16-6-3-2-4-7-16/h2-4,6-7,9-12H,5,8,13H2,1H3. The molecule has 2 heteroatoms. The molecule has 0 bridgehead atoms. The third-order valence-electron chi connectivity index (χ3n) is 3.04. The normalized spacial score (nSPS) is 10.2. The number of carbonyl (C=O) groups excluding carboxylic acids is 1. The molecule has 0 aromatic heterocycles. The molecule has 0 fully saturated rings. The summed E-state index contributed by atoms with van der Waals surface area (Å²) in [6.07, 6.45) is 2.27. The van der Waals surface area contributed by atoms with Crippen molar-refractivity contribution in [1.82, 2.24) is 0 Å². The monoisotopic (exact) mass is 254 g/mol. The van der Waals surface area contributed by atoms with Gasteiger partial charge >= 0.3 is 0 Å². The molecule has 19 heavy (non-hydrogen) atoms. The minimum absolute atomic E-state index is 0.557. The van der Waals surface area contributed by atoms with Crippen LogP contribution in [0, 0.1) is 6.92 Å². The maximum absolute atomic E-state index is 10.4. The molecule has 0 atom stereocenters. The van der Waals surface area contributed by atoms with Crippen LogP contribution in [0.5, 0.6) is 5.75 Å². The molecule has 0 N–H and O–H groups in total. The van der Waals surface area contributed by atoms with Crippen LogP contribution >= 0.6 is 0 Å². The fourth-order valence-corrected chi connectivity index (χ4v) is 1.92. The number of carbonyl (C=O) groups is 1. The lowest BCUT2D eigenvalue weighted by Gasteiger charge is -2.11. The maximum atomic E-state index is 10.4. The Bertz CT molecular complexity index is 532.